The Morgan fingerprint density at radius 3 is 1.38 bits per heavy atom. The Hall–Kier alpha value is -1.65. The number of nitrogens with zero attached hydrogens (tertiary/aromatic N) is 1. The van der Waals surface area contributed by atoms with Gasteiger partial charge in [-0.05, 0) is 111 Å². The average molecular weight is 672 g/mol. The lowest BCUT2D eigenvalue weighted by atomic mass is 9.99. The van der Waals surface area contributed by atoms with Gasteiger partial charge in [-0.15, -0.1) is 0 Å². The number of carbonyl (C=O) groups is 1. The second kappa shape index (κ2) is 38.2. The van der Waals surface area contributed by atoms with Crippen LogP contribution in [0.3, 0.4) is 0 Å². The van der Waals surface area contributed by atoms with Crippen molar-refractivity contribution in [1.29, 1.82) is 0 Å². The molecule has 0 bridgehead atoms. The van der Waals surface area contributed by atoms with Gasteiger partial charge in [0.15, 0.2) is 0 Å². The maximum Gasteiger partial charge on any atom is 0.306 e. The molecule has 0 spiro atoms. The molecule has 0 aromatic heterocycles. The molecule has 0 fully saturated rings. The van der Waals surface area contributed by atoms with Gasteiger partial charge in [-0.3, -0.25) is 4.79 Å². The predicted molar refractivity (Wildman–Crippen MR) is 212 cm³/mol. The highest BCUT2D eigenvalue weighted by atomic mass is 16.6. The molecule has 0 amide bonds. The van der Waals surface area contributed by atoms with Gasteiger partial charge in [0.1, 0.15) is 6.10 Å². The first kappa shape index (κ1) is 46.4. The van der Waals surface area contributed by atoms with Crippen LogP contribution in [0.1, 0.15) is 194 Å². The third-order valence-electron chi connectivity index (χ3n) is 9.09. The SMILES string of the molecule is CCCCC/C=C/C/C=C/CCCCCCCCC(O)C(CCCCCCCC/C=C/C/C=C/CCCCC)OC(=O)CCCN(C)C. The Morgan fingerprint density at radius 2 is 0.938 bits per heavy atom. The second-order valence-corrected chi connectivity index (χ2v) is 14.2. The van der Waals surface area contributed by atoms with Crippen LogP contribution in [0.15, 0.2) is 48.6 Å². The smallest absolute Gasteiger partial charge is 0.306 e. The zero-order valence-electron chi connectivity index (χ0n) is 32.5. The topological polar surface area (TPSA) is 49.8 Å². The van der Waals surface area contributed by atoms with Gasteiger partial charge in [0.2, 0.25) is 0 Å². The fourth-order valence-corrected chi connectivity index (χ4v) is 5.96. The van der Waals surface area contributed by atoms with Crippen LogP contribution in [-0.4, -0.2) is 48.8 Å². The van der Waals surface area contributed by atoms with Crippen molar-refractivity contribution >= 4 is 5.97 Å². The van der Waals surface area contributed by atoms with Gasteiger partial charge in [-0.25, -0.2) is 0 Å². The molecule has 2 unspecified atom stereocenters. The highest BCUT2D eigenvalue weighted by Gasteiger charge is 2.22. The van der Waals surface area contributed by atoms with Crippen molar-refractivity contribution in [1.82, 2.24) is 4.90 Å². The lowest BCUT2D eigenvalue weighted by Crippen LogP contribution is -2.31. The number of aliphatic hydroxyl groups is 1. The minimum atomic E-state index is -0.549. The third-order valence-corrected chi connectivity index (χ3v) is 9.09. The minimum absolute atomic E-state index is 0.155. The molecule has 0 heterocycles. The average Bonchev–Trinajstić information content (AvgIpc) is 3.07. The summed E-state index contributed by atoms with van der Waals surface area (Å²) in [7, 11) is 4.05. The van der Waals surface area contributed by atoms with Crippen LogP contribution in [0.2, 0.25) is 0 Å². The molecule has 2 atom stereocenters. The van der Waals surface area contributed by atoms with Crippen molar-refractivity contribution in [2.24, 2.45) is 0 Å². The fraction of sp³-hybridized carbons (Fsp3) is 0.795. The molecule has 0 rings (SSSR count). The van der Waals surface area contributed by atoms with Gasteiger partial charge in [0.05, 0.1) is 6.10 Å². The molecule has 0 aliphatic carbocycles. The molecule has 0 aromatic rings. The maximum absolute atomic E-state index is 12.6. The third kappa shape index (κ3) is 35.7. The molecule has 280 valence electrons. The van der Waals surface area contributed by atoms with Crippen molar-refractivity contribution in [2.75, 3.05) is 20.6 Å². The Bertz CT molecular complexity index is 784. The van der Waals surface area contributed by atoms with Gasteiger partial charge in [-0.2, -0.15) is 0 Å². The first-order valence-electron chi connectivity index (χ1n) is 20.6. The van der Waals surface area contributed by atoms with Crippen molar-refractivity contribution in [3.05, 3.63) is 48.6 Å². The van der Waals surface area contributed by atoms with E-state index in [1.165, 1.54) is 116 Å². The standard InChI is InChI=1S/C44H81NO3/c1-5-7-9-11-13-15-17-19-21-23-25-27-29-31-33-35-38-42(46)43(48-44(47)40-37-41-45(3)4)39-36-34-32-30-28-26-24-22-20-18-16-14-12-10-8-6-2/h13-16,19-22,42-43,46H,5-12,17-18,23-41H2,1-4H3/b15-13+,16-14+,21-19+,22-20+. The van der Waals surface area contributed by atoms with Crippen LogP contribution in [0.25, 0.3) is 0 Å². The molecular formula is C44H81NO3. The minimum Gasteiger partial charge on any atom is -0.460 e. The number of ether oxygens (including phenoxy) is 1. The molecule has 1 N–H and O–H groups in total. The maximum atomic E-state index is 12.6. The van der Waals surface area contributed by atoms with E-state index in [0.29, 0.717) is 6.42 Å². The van der Waals surface area contributed by atoms with E-state index in [4.69, 9.17) is 4.74 Å². The largest absolute Gasteiger partial charge is 0.460 e. The predicted octanol–water partition coefficient (Wildman–Crippen LogP) is 13.0. The molecule has 0 saturated heterocycles. The summed E-state index contributed by atoms with van der Waals surface area (Å²) in [4.78, 5) is 14.7. The van der Waals surface area contributed by atoms with Gasteiger partial charge in [-0.1, -0.05) is 146 Å². The van der Waals surface area contributed by atoms with Crippen LogP contribution in [0, 0.1) is 0 Å². The van der Waals surface area contributed by atoms with E-state index in [9.17, 15) is 9.90 Å². The lowest BCUT2D eigenvalue weighted by molar-refractivity contribution is -0.156. The molecular weight excluding hydrogens is 590 g/mol. The van der Waals surface area contributed by atoms with E-state index in [2.05, 4.69) is 67.4 Å². The molecule has 48 heavy (non-hydrogen) atoms. The first-order valence-corrected chi connectivity index (χ1v) is 20.6. The van der Waals surface area contributed by atoms with E-state index in [0.717, 1.165) is 64.3 Å². The quantitative estimate of drug-likeness (QED) is 0.0409. The summed E-state index contributed by atoms with van der Waals surface area (Å²) < 4.78 is 5.87. The van der Waals surface area contributed by atoms with E-state index in [1.807, 2.05) is 14.1 Å². The Kier molecular flexibility index (Phi) is 36.8. The fourth-order valence-electron chi connectivity index (χ4n) is 5.96. The van der Waals surface area contributed by atoms with Crippen molar-refractivity contribution < 1.29 is 14.6 Å². The summed E-state index contributed by atoms with van der Waals surface area (Å²) in [5, 5.41) is 11.0. The van der Waals surface area contributed by atoms with Gasteiger partial charge in [0, 0.05) is 6.42 Å². The number of carbonyl (C=O) groups excluding carboxylic acids is 1. The Balaban J connectivity index is 4.14. The van der Waals surface area contributed by atoms with Crippen molar-refractivity contribution in [3.63, 3.8) is 0 Å². The first-order chi connectivity index (χ1) is 23.5. The Labute approximate surface area is 300 Å². The second-order valence-electron chi connectivity index (χ2n) is 14.2. The molecule has 0 saturated carbocycles. The van der Waals surface area contributed by atoms with Crippen LogP contribution in [0.5, 0.6) is 0 Å². The molecule has 4 heteroatoms. The monoisotopic (exact) mass is 672 g/mol. The van der Waals surface area contributed by atoms with E-state index < -0.39 is 6.10 Å². The zero-order chi connectivity index (χ0) is 35.2. The summed E-state index contributed by atoms with van der Waals surface area (Å²) in [5.41, 5.74) is 0. The molecule has 4 nitrogen and oxygen atoms in total. The van der Waals surface area contributed by atoms with Crippen LogP contribution in [-0.2, 0) is 9.53 Å². The number of rotatable bonds is 36. The van der Waals surface area contributed by atoms with Crippen molar-refractivity contribution in [2.45, 2.75) is 206 Å². The van der Waals surface area contributed by atoms with E-state index in [-0.39, 0.29) is 12.1 Å². The van der Waals surface area contributed by atoms with Crippen LogP contribution >= 0.6 is 0 Å². The molecule has 0 aliphatic rings. The van der Waals surface area contributed by atoms with Crippen LogP contribution in [0.4, 0.5) is 0 Å². The number of aliphatic hydroxyl groups excluding tert-OH is 1. The normalized spacial score (nSPS) is 13.6. The lowest BCUT2D eigenvalue weighted by Gasteiger charge is -2.23. The van der Waals surface area contributed by atoms with Crippen molar-refractivity contribution in [3.8, 4) is 0 Å². The zero-order valence-corrected chi connectivity index (χ0v) is 32.5. The van der Waals surface area contributed by atoms with Gasteiger partial charge < -0.3 is 14.7 Å². The van der Waals surface area contributed by atoms with E-state index in [1.54, 1.807) is 0 Å². The summed E-state index contributed by atoms with van der Waals surface area (Å²) in [6.07, 6.45) is 49.5. The number of hydrogen-bond donors (Lipinski definition) is 1. The van der Waals surface area contributed by atoms with E-state index >= 15 is 0 Å². The highest BCUT2D eigenvalue weighted by Crippen LogP contribution is 2.19. The van der Waals surface area contributed by atoms with Crippen LogP contribution < -0.4 is 0 Å². The summed E-state index contributed by atoms with van der Waals surface area (Å²) >= 11 is 0. The number of hydrogen-bond acceptors (Lipinski definition) is 4. The number of unbranched alkanes of at least 4 members (excludes halogenated alkanes) is 18. The van der Waals surface area contributed by atoms with Gasteiger partial charge >= 0.3 is 5.97 Å². The number of allylic oxidation sites excluding steroid dienone is 8. The molecule has 0 aromatic carbocycles. The molecule has 0 aliphatic heterocycles. The highest BCUT2D eigenvalue weighted by molar-refractivity contribution is 5.69. The van der Waals surface area contributed by atoms with Gasteiger partial charge in [0.25, 0.3) is 0 Å². The summed E-state index contributed by atoms with van der Waals surface area (Å²) in [6.45, 7) is 5.38. The summed E-state index contributed by atoms with van der Waals surface area (Å²) in [5.74, 6) is -0.155. The number of esters is 1. The Morgan fingerprint density at radius 1 is 0.542 bits per heavy atom. The summed E-state index contributed by atoms with van der Waals surface area (Å²) in [6, 6.07) is 0. The molecule has 0 radical (unpaired) electrons.